The number of aromatic hydroxyl groups is 1. The molecule has 1 aliphatic heterocycles. The SMILES string of the molecule is CO[C@]12C(=O)C3=C([O-])c4c(O)ccc(-c5cccc(C(=O)N6CCN(C)CC6)c5)c4C[C@H]3C[C@H]1[C@H](N(C)C)C(=O)C(C(N)=O)=C2O. The Morgan fingerprint density at radius 3 is 2.41 bits per heavy atom. The van der Waals surface area contributed by atoms with Gasteiger partial charge in [0.1, 0.15) is 17.1 Å². The van der Waals surface area contributed by atoms with E-state index >= 15 is 0 Å². The molecule has 0 bridgehead atoms. The number of benzene rings is 2. The third kappa shape index (κ3) is 4.54. The molecule has 1 heterocycles. The van der Waals surface area contributed by atoms with Gasteiger partial charge in [-0.25, -0.2) is 0 Å². The number of primary amides is 1. The summed E-state index contributed by atoms with van der Waals surface area (Å²) in [4.78, 5) is 59.1. The molecule has 0 spiro atoms. The third-order valence-corrected chi connectivity index (χ3v) is 10.1. The predicted octanol–water partition coefficient (Wildman–Crippen LogP) is 0.475. The number of hydrogen-bond acceptors (Lipinski definition) is 10. The predicted molar refractivity (Wildman–Crippen MR) is 165 cm³/mol. The molecule has 242 valence electrons. The molecule has 0 unspecified atom stereocenters. The highest BCUT2D eigenvalue weighted by Gasteiger charge is 2.64. The average molecular weight is 630 g/mol. The second kappa shape index (κ2) is 11.4. The number of ether oxygens (including phenoxy) is 1. The lowest BCUT2D eigenvalue weighted by atomic mass is 9.57. The van der Waals surface area contributed by atoms with Crippen LogP contribution in [0.25, 0.3) is 16.9 Å². The van der Waals surface area contributed by atoms with E-state index in [4.69, 9.17) is 10.5 Å². The fourth-order valence-electron chi connectivity index (χ4n) is 7.82. The molecule has 0 radical (unpaired) electrons. The van der Waals surface area contributed by atoms with E-state index in [-0.39, 0.29) is 35.6 Å². The number of amides is 2. The zero-order valence-electron chi connectivity index (χ0n) is 26.2. The van der Waals surface area contributed by atoms with Crippen molar-refractivity contribution in [2.75, 3.05) is 54.4 Å². The number of likely N-dealkylation sites (N-methyl/N-ethyl adjacent to an activating group) is 2. The third-order valence-electron chi connectivity index (χ3n) is 10.1. The molecule has 3 aliphatic carbocycles. The van der Waals surface area contributed by atoms with Crippen LogP contribution in [0.3, 0.4) is 0 Å². The van der Waals surface area contributed by atoms with Gasteiger partial charge in [0.15, 0.2) is 17.2 Å². The molecule has 2 amide bonds. The van der Waals surface area contributed by atoms with Gasteiger partial charge in [0, 0.05) is 50.3 Å². The Balaban J connectivity index is 1.47. The normalized spacial score (nSPS) is 26.6. The van der Waals surface area contributed by atoms with Crippen LogP contribution >= 0.6 is 0 Å². The number of piperazine rings is 1. The molecule has 2 aromatic carbocycles. The first-order valence-electron chi connectivity index (χ1n) is 15.2. The lowest BCUT2D eigenvalue weighted by molar-refractivity contribution is -0.246. The van der Waals surface area contributed by atoms with Crippen LogP contribution in [0, 0.1) is 11.8 Å². The highest BCUT2D eigenvalue weighted by Crippen LogP contribution is 2.54. The van der Waals surface area contributed by atoms with Crippen molar-refractivity contribution in [2.24, 2.45) is 17.6 Å². The first-order chi connectivity index (χ1) is 21.8. The molecule has 1 saturated carbocycles. The van der Waals surface area contributed by atoms with E-state index in [0.717, 1.165) is 13.1 Å². The van der Waals surface area contributed by atoms with Gasteiger partial charge >= 0.3 is 0 Å². The molecule has 4 aliphatic rings. The molecular weight excluding hydrogens is 592 g/mol. The van der Waals surface area contributed by atoms with Crippen LogP contribution in [0.1, 0.15) is 27.9 Å². The molecule has 6 rings (SSSR count). The number of ketones is 2. The lowest BCUT2D eigenvalue weighted by Crippen LogP contribution is -2.66. The molecule has 2 aromatic rings. The van der Waals surface area contributed by atoms with Crippen molar-refractivity contribution in [1.29, 1.82) is 0 Å². The maximum absolute atomic E-state index is 14.4. The van der Waals surface area contributed by atoms with Gasteiger partial charge < -0.3 is 35.6 Å². The zero-order chi connectivity index (χ0) is 33.2. The van der Waals surface area contributed by atoms with Crippen molar-refractivity contribution < 1.29 is 39.2 Å². The summed E-state index contributed by atoms with van der Waals surface area (Å²) in [6.45, 7) is 2.79. The quantitative estimate of drug-likeness (QED) is 0.394. The van der Waals surface area contributed by atoms with Gasteiger partial charge in [-0.15, -0.1) is 0 Å². The standard InChI is InChI=1S/C34H38N4O8/c1-36(2)27-22-16-19-15-21-20(17-6-5-7-18(14-17)33(45)38-12-10-37(3)11-13-38)8-9-23(39)25(21)28(40)24(19)30(42)34(22,46-4)31(43)26(29(27)41)32(35)44/h5-9,14,19,22,27,39-40,43H,10-13,15-16H2,1-4H3,(H2,35,44)/p-1/t19-,22-,27-,34-/m0/s1. The summed E-state index contributed by atoms with van der Waals surface area (Å²) in [6, 6.07) is 9.15. The van der Waals surface area contributed by atoms with Crippen LogP contribution in [0.15, 0.2) is 53.3 Å². The van der Waals surface area contributed by atoms with Crippen molar-refractivity contribution in [3.05, 3.63) is 70.0 Å². The van der Waals surface area contributed by atoms with Crippen LogP contribution in [0.5, 0.6) is 5.75 Å². The number of hydrogen-bond donors (Lipinski definition) is 3. The molecule has 12 nitrogen and oxygen atoms in total. The summed E-state index contributed by atoms with van der Waals surface area (Å²) in [5.74, 6) is -6.48. The Hall–Kier alpha value is -4.52. The molecule has 4 atom stereocenters. The van der Waals surface area contributed by atoms with Gasteiger partial charge in [0.05, 0.1) is 6.04 Å². The van der Waals surface area contributed by atoms with Gasteiger partial charge in [-0.3, -0.25) is 24.1 Å². The van der Waals surface area contributed by atoms with Crippen molar-refractivity contribution >= 4 is 29.1 Å². The number of carbonyl (C=O) groups excluding carboxylic acids is 4. The number of Topliss-reactive ketones (excluding diaryl/α,β-unsaturated/α-hetero) is 2. The fraction of sp³-hybridized carbons (Fsp3) is 0.412. The number of fused-ring (bicyclic) bond motifs is 3. The maximum Gasteiger partial charge on any atom is 0.255 e. The number of methoxy groups -OCH3 is 1. The molecular formula is C34H37N4O8-. The van der Waals surface area contributed by atoms with E-state index in [2.05, 4.69) is 4.90 Å². The van der Waals surface area contributed by atoms with E-state index < -0.39 is 58.0 Å². The smallest absolute Gasteiger partial charge is 0.255 e. The van der Waals surface area contributed by atoms with E-state index in [0.29, 0.717) is 35.3 Å². The first-order valence-corrected chi connectivity index (χ1v) is 15.2. The van der Waals surface area contributed by atoms with Gasteiger partial charge in [0.25, 0.3) is 11.8 Å². The van der Waals surface area contributed by atoms with Gasteiger partial charge in [-0.05, 0) is 80.4 Å². The highest BCUT2D eigenvalue weighted by atomic mass is 16.5. The number of phenolic OH excluding ortho intramolecular Hbond substituents is 1. The Morgan fingerprint density at radius 2 is 1.78 bits per heavy atom. The Labute approximate surface area is 266 Å². The monoisotopic (exact) mass is 629 g/mol. The number of aliphatic hydroxyl groups is 1. The molecule has 0 aromatic heterocycles. The second-order valence-corrected chi connectivity index (χ2v) is 12.8. The van der Waals surface area contributed by atoms with Gasteiger partial charge in [-0.1, -0.05) is 24.0 Å². The molecule has 12 heteroatoms. The molecule has 1 saturated heterocycles. The number of phenols is 1. The minimum atomic E-state index is -2.20. The van der Waals surface area contributed by atoms with Crippen LogP contribution < -0.4 is 10.8 Å². The molecule has 4 N–H and O–H groups in total. The second-order valence-electron chi connectivity index (χ2n) is 12.8. The van der Waals surface area contributed by atoms with Crippen molar-refractivity contribution in [2.45, 2.75) is 24.5 Å². The van der Waals surface area contributed by atoms with E-state index in [1.54, 1.807) is 43.3 Å². The topological polar surface area (TPSA) is 177 Å². The van der Waals surface area contributed by atoms with Crippen LogP contribution in [0.4, 0.5) is 0 Å². The summed E-state index contributed by atoms with van der Waals surface area (Å²) in [5.41, 5.74) is 4.65. The fourth-order valence-corrected chi connectivity index (χ4v) is 7.82. The summed E-state index contributed by atoms with van der Waals surface area (Å²) < 4.78 is 5.70. The maximum atomic E-state index is 14.4. The highest BCUT2D eigenvalue weighted by molar-refractivity contribution is 6.24. The number of aliphatic hydroxyl groups excluding tert-OH is 1. The minimum Gasteiger partial charge on any atom is -0.872 e. The van der Waals surface area contributed by atoms with Crippen LogP contribution in [-0.4, -0.2) is 114 Å². The number of nitrogens with zero attached hydrogens (tertiary/aromatic N) is 3. The largest absolute Gasteiger partial charge is 0.872 e. The Morgan fingerprint density at radius 1 is 1.09 bits per heavy atom. The van der Waals surface area contributed by atoms with E-state index in [1.165, 1.54) is 13.2 Å². The van der Waals surface area contributed by atoms with Crippen molar-refractivity contribution in [1.82, 2.24) is 14.7 Å². The summed E-state index contributed by atoms with van der Waals surface area (Å²) in [7, 11) is 6.42. The van der Waals surface area contributed by atoms with E-state index in [9.17, 15) is 34.5 Å². The number of nitrogens with two attached hydrogens (primary N) is 1. The van der Waals surface area contributed by atoms with Crippen LogP contribution in [-0.2, 0) is 25.5 Å². The number of rotatable bonds is 5. The van der Waals surface area contributed by atoms with Crippen LogP contribution in [0.2, 0.25) is 0 Å². The van der Waals surface area contributed by atoms with Crippen molar-refractivity contribution in [3.8, 4) is 16.9 Å². The summed E-state index contributed by atoms with van der Waals surface area (Å²) >= 11 is 0. The molecule has 46 heavy (non-hydrogen) atoms. The van der Waals surface area contributed by atoms with Gasteiger partial charge in [0.2, 0.25) is 0 Å². The lowest BCUT2D eigenvalue weighted by Gasteiger charge is -2.53. The average Bonchev–Trinajstić information content (AvgIpc) is 3.01. The zero-order valence-corrected chi connectivity index (χ0v) is 26.2. The molecule has 2 fully saturated rings. The number of carbonyl (C=O) groups is 4. The van der Waals surface area contributed by atoms with Gasteiger partial charge in [-0.2, -0.15) is 0 Å². The Kier molecular flexibility index (Phi) is 7.78. The summed E-state index contributed by atoms with van der Waals surface area (Å²) in [6.07, 6.45) is 0.252. The summed E-state index contributed by atoms with van der Waals surface area (Å²) in [5, 5.41) is 36.5. The minimum absolute atomic E-state index is 0.0489. The van der Waals surface area contributed by atoms with E-state index in [1.807, 2.05) is 18.0 Å². The Bertz CT molecular complexity index is 1740. The first kappa shape index (κ1) is 31.5. The van der Waals surface area contributed by atoms with Crippen molar-refractivity contribution in [3.63, 3.8) is 0 Å².